The molecule has 0 aromatic heterocycles. The van der Waals surface area contributed by atoms with Gasteiger partial charge in [0.1, 0.15) is 26.4 Å². The van der Waals surface area contributed by atoms with E-state index in [9.17, 15) is 39.0 Å². The number of carbonyl (C=O) groups excluding carboxylic acids is 6. The number of aliphatic hydroxyl groups excluding tert-OH is 5. The zero-order valence-electron chi connectivity index (χ0n) is 38.6. The largest absolute Gasteiger partial charge is 0.469 e. The minimum Gasteiger partial charge on any atom is -0.469 e. The van der Waals surface area contributed by atoms with Crippen LogP contribution in [0.15, 0.2) is 25.3 Å². The molecule has 0 saturated heterocycles. The molecule has 0 bridgehead atoms. The van der Waals surface area contributed by atoms with E-state index in [1.807, 2.05) is 13.8 Å². The molecule has 0 rings (SSSR count). The molecule has 19 nitrogen and oxygen atoms in total. The first-order chi connectivity index (χ1) is 31.3. The predicted octanol–water partition coefficient (Wildman–Crippen LogP) is 2.65. The van der Waals surface area contributed by atoms with Crippen molar-refractivity contribution in [1.29, 1.82) is 0 Å². The lowest BCUT2D eigenvalue weighted by atomic mass is 9.88. The Kier molecular flexibility index (Phi) is 45.3. The van der Waals surface area contributed by atoms with Crippen LogP contribution in [0.4, 0.5) is 0 Å². The van der Waals surface area contributed by atoms with Crippen molar-refractivity contribution in [2.45, 2.75) is 104 Å². The van der Waals surface area contributed by atoms with Gasteiger partial charge in [0.25, 0.3) is 0 Å². The number of ether oxygens (including phenoxy) is 8. The lowest BCUT2D eigenvalue weighted by molar-refractivity contribution is -0.152. The summed E-state index contributed by atoms with van der Waals surface area (Å²) in [6, 6.07) is 0. The third-order valence-corrected chi connectivity index (χ3v) is 9.04. The molecule has 0 radical (unpaired) electrons. The number of hydrogen-bond donors (Lipinski definition) is 5. The number of esters is 6. The van der Waals surface area contributed by atoms with Gasteiger partial charge in [0.05, 0.1) is 57.6 Å². The molecule has 372 valence electrons. The second kappa shape index (κ2) is 45.7. The molecule has 65 heavy (non-hydrogen) atoms. The minimum atomic E-state index is -0.629. The fourth-order valence-corrected chi connectivity index (χ4v) is 4.68. The van der Waals surface area contributed by atoms with Crippen molar-refractivity contribution in [1.82, 2.24) is 0 Å². The van der Waals surface area contributed by atoms with Gasteiger partial charge < -0.3 is 63.4 Å². The lowest BCUT2D eigenvalue weighted by Gasteiger charge is -2.29. The molecule has 0 aliphatic rings. The molecule has 0 heterocycles. The molecule has 0 aliphatic heterocycles. The molecule has 0 spiro atoms. The maximum absolute atomic E-state index is 12.0. The zero-order valence-corrected chi connectivity index (χ0v) is 38.6. The van der Waals surface area contributed by atoms with Crippen molar-refractivity contribution < 1.29 is 92.2 Å². The van der Waals surface area contributed by atoms with Crippen LogP contribution in [0.5, 0.6) is 0 Å². The maximum Gasteiger partial charge on any atom is 0.307 e. The van der Waals surface area contributed by atoms with Crippen LogP contribution in [0.1, 0.15) is 104 Å². The SMILES string of the molecule is C=CCOCC(CC)(CO)COC(=O)CCCCC(=O)OCC(CC)(CO)COCC=C.COC(=O)CCCCC(=O)OCO.O=C(CCCCC(=O)OCC#CCO)OCC#CCO. The van der Waals surface area contributed by atoms with Gasteiger partial charge in [-0.25, -0.2) is 0 Å². The molecule has 19 heteroatoms. The van der Waals surface area contributed by atoms with Gasteiger partial charge in [-0.2, -0.15) is 0 Å². The van der Waals surface area contributed by atoms with E-state index in [1.54, 1.807) is 12.2 Å². The van der Waals surface area contributed by atoms with Gasteiger partial charge in [-0.1, -0.05) is 49.7 Å². The standard InChI is InChI=1S/C24H42O8.C14H18O6.C8H14O5/c1-5-13-29-17-23(7-3,15-25)19-31-21(27)11-9-10-12-22(28)32-20-24(8-4,16-26)18-30-14-6-2;15-9-3-5-11-19-13(17)7-1-2-8-14(18)20-12-6-4-10-16;1-12-7(10)4-2-3-5-8(11)13-6-9/h5-6,25-26H,1-2,7-20H2,3-4H3;15-16H,1-2,7-12H2;9H,2-6H2,1H3. The Morgan fingerprint density at radius 1 is 0.477 bits per heavy atom. The van der Waals surface area contributed by atoms with Crippen molar-refractivity contribution in [3.8, 4) is 23.7 Å². The summed E-state index contributed by atoms with van der Waals surface area (Å²) < 4.78 is 39.7. The summed E-state index contributed by atoms with van der Waals surface area (Å²) in [4.78, 5) is 67.7. The molecule has 2 atom stereocenters. The van der Waals surface area contributed by atoms with E-state index in [0.717, 1.165) is 0 Å². The Balaban J connectivity index is -0.000000987. The van der Waals surface area contributed by atoms with Gasteiger partial charge in [-0.15, -0.1) is 13.2 Å². The first kappa shape index (κ1) is 64.4. The topological polar surface area (TPSA) is 277 Å². The summed E-state index contributed by atoms with van der Waals surface area (Å²) in [5.74, 6) is 7.36. The average molecular weight is 931 g/mol. The molecule has 0 aromatic rings. The minimum absolute atomic E-state index is 0.0367. The Hall–Kier alpha value is -4.86. The van der Waals surface area contributed by atoms with Crippen LogP contribution in [0, 0.1) is 34.5 Å². The number of unbranched alkanes of at least 4 members (excludes halogenated alkanes) is 3. The quantitative estimate of drug-likeness (QED) is 0.0155. The number of carbonyl (C=O) groups is 6. The van der Waals surface area contributed by atoms with Gasteiger partial charge in [-0.3, -0.25) is 28.8 Å². The van der Waals surface area contributed by atoms with Crippen molar-refractivity contribution in [2.24, 2.45) is 10.8 Å². The van der Waals surface area contributed by atoms with E-state index in [4.69, 9.17) is 43.7 Å². The maximum atomic E-state index is 12.0. The average Bonchev–Trinajstić information content (AvgIpc) is 3.31. The summed E-state index contributed by atoms with van der Waals surface area (Å²) >= 11 is 0. The van der Waals surface area contributed by atoms with Crippen molar-refractivity contribution in [3.05, 3.63) is 25.3 Å². The van der Waals surface area contributed by atoms with Gasteiger partial charge in [0.15, 0.2) is 20.0 Å². The molecule has 5 N–H and O–H groups in total. The normalized spacial score (nSPS) is 11.8. The first-order valence-electron chi connectivity index (χ1n) is 21.4. The third-order valence-electron chi connectivity index (χ3n) is 9.04. The Morgan fingerprint density at radius 3 is 1.08 bits per heavy atom. The van der Waals surface area contributed by atoms with Crippen LogP contribution >= 0.6 is 0 Å². The molecule has 0 fully saturated rings. The molecular formula is C46H74O19. The third kappa shape index (κ3) is 40.4. The second-order valence-electron chi connectivity index (χ2n) is 14.1. The summed E-state index contributed by atoms with van der Waals surface area (Å²) in [6.07, 6.45) is 8.91. The highest BCUT2D eigenvalue weighted by Gasteiger charge is 2.31. The summed E-state index contributed by atoms with van der Waals surface area (Å²) in [5.41, 5.74) is -1.26. The monoisotopic (exact) mass is 930 g/mol. The second-order valence-corrected chi connectivity index (χ2v) is 14.1. The van der Waals surface area contributed by atoms with Crippen LogP contribution in [-0.4, -0.2) is 155 Å². The van der Waals surface area contributed by atoms with Crippen molar-refractivity contribution in [2.75, 3.05) is 93.2 Å². The van der Waals surface area contributed by atoms with Crippen LogP contribution in [0.3, 0.4) is 0 Å². The highest BCUT2D eigenvalue weighted by Crippen LogP contribution is 2.24. The number of rotatable bonds is 34. The lowest BCUT2D eigenvalue weighted by Crippen LogP contribution is -2.36. The zero-order chi connectivity index (χ0) is 49.5. The Bertz CT molecular complexity index is 1340. The van der Waals surface area contributed by atoms with Gasteiger partial charge in [0.2, 0.25) is 0 Å². The first-order valence-corrected chi connectivity index (χ1v) is 21.4. The predicted molar refractivity (Wildman–Crippen MR) is 236 cm³/mol. The van der Waals surface area contributed by atoms with Crippen molar-refractivity contribution >= 4 is 35.8 Å². The fourth-order valence-electron chi connectivity index (χ4n) is 4.68. The van der Waals surface area contributed by atoms with E-state index >= 15 is 0 Å². The summed E-state index contributed by atoms with van der Waals surface area (Å²) in [7, 11) is 1.32. The van der Waals surface area contributed by atoms with Crippen molar-refractivity contribution in [3.63, 3.8) is 0 Å². The highest BCUT2D eigenvalue weighted by molar-refractivity contribution is 5.72. The molecule has 0 amide bonds. The van der Waals surface area contributed by atoms with Crippen LogP contribution in [0.25, 0.3) is 0 Å². The van der Waals surface area contributed by atoms with Crippen LogP contribution in [0.2, 0.25) is 0 Å². The molecule has 2 unspecified atom stereocenters. The number of methoxy groups -OCH3 is 1. The fraction of sp³-hybridized carbons (Fsp3) is 0.696. The van der Waals surface area contributed by atoms with E-state index in [1.165, 1.54) is 7.11 Å². The van der Waals surface area contributed by atoms with E-state index in [2.05, 4.69) is 46.3 Å². The van der Waals surface area contributed by atoms with Gasteiger partial charge in [-0.05, 0) is 51.4 Å². The smallest absolute Gasteiger partial charge is 0.307 e. The van der Waals surface area contributed by atoms with Crippen LogP contribution in [-0.2, 0) is 66.7 Å². The summed E-state index contributed by atoms with van der Waals surface area (Å²) in [5, 5.41) is 44.3. The van der Waals surface area contributed by atoms with Gasteiger partial charge in [0, 0.05) is 38.5 Å². The molecular weight excluding hydrogens is 856 g/mol. The molecule has 0 aliphatic carbocycles. The molecule has 0 saturated carbocycles. The number of aliphatic hydroxyl groups is 5. The summed E-state index contributed by atoms with van der Waals surface area (Å²) in [6.45, 7) is 10.9. The Labute approximate surface area is 384 Å². The number of hydrogen-bond acceptors (Lipinski definition) is 19. The van der Waals surface area contributed by atoms with E-state index < -0.39 is 23.6 Å². The Morgan fingerprint density at radius 2 is 0.800 bits per heavy atom. The van der Waals surface area contributed by atoms with E-state index in [0.29, 0.717) is 71.0 Å². The van der Waals surface area contributed by atoms with E-state index in [-0.39, 0.29) is 128 Å². The highest BCUT2D eigenvalue weighted by atomic mass is 16.6. The van der Waals surface area contributed by atoms with Gasteiger partial charge >= 0.3 is 35.8 Å². The molecule has 0 aromatic carbocycles. The van der Waals surface area contributed by atoms with Crippen LogP contribution < -0.4 is 0 Å².